The zero-order valence-corrected chi connectivity index (χ0v) is 42.6. The zero-order valence-electron chi connectivity index (χ0n) is 40.8. The maximum atomic E-state index is 14.4. The molecule has 0 aliphatic rings. The highest BCUT2D eigenvalue weighted by Gasteiger charge is 2.50. The van der Waals surface area contributed by atoms with E-state index in [2.05, 4.69) is 209 Å². The van der Waals surface area contributed by atoms with Crippen molar-refractivity contribution in [2.24, 2.45) is 0 Å². The van der Waals surface area contributed by atoms with E-state index < -0.39 is 24.3 Å². The molecule has 10 heteroatoms. The quantitative estimate of drug-likeness (QED) is 0.0709. The molecule has 0 aliphatic heterocycles. The van der Waals surface area contributed by atoms with E-state index in [-0.39, 0.29) is 16.4 Å². The van der Waals surface area contributed by atoms with Crippen LogP contribution in [0.1, 0.15) is 80.1 Å². The van der Waals surface area contributed by atoms with E-state index in [1.165, 1.54) is 20.2 Å². The number of fused-ring (bicyclic) bond motifs is 3. The Morgan fingerprint density at radius 3 is 1.65 bits per heavy atom. The number of rotatable bonds is 16. The molecule has 0 N–H and O–H groups in total. The molecule has 8 nitrogen and oxygen atoms in total. The van der Waals surface area contributed by atoms with Gasteiger partial charge in [0.15, 0.2) is 5.65 Å². The molecule has 9 aromatic rings. The van der Waals surface area contributed by atoms with Gasteiger partial charge in [-0.2, -0.15) is 10.0 Å². The van der Waals surface area contributed by atoms with Gasteiger partial charge in [0.25, 0.3) is 8.32 Å². The molecule has 0 saturated heterocycles. The summed E-state index contributed by atoms with van der Waals surface area (Å²) in [6.07, 6.45) is 0. The van der Waals surface area contributed by atoms with Gasteiger partial charge in [-0.1, -0.05) is 187 Å². The first-order valence-corrected chi connectivity index (χ1v) is 27.4. The molecule has 0 atom stereocenters. The first-order chi connectivity index (χ1) is 33.3. The van der Waals surface area contributed by atoms with Crippen molar-refractivity contribution in [2.75, 3.05) is 5.94 Å². The third-order valence-corrected chi connectivity index (χ3v) is 23.0. The highest BCUT2D eigenvalue weighted by molar-refractivity contribution is 8.34. The van der Waals surface area contributed by atoms with Gasteiger partial charge in [-0.15, -0.1) is 10.2 Å². The number of esters is 1. The summed E-state index contributed by atoms with van der Waals surface area (Å²) < 4.78 is 24.2. The molecule has 6 aromatic carbocycles. The molecule has 0 aliphatic carbocycles. The van der Waals surface area contributed by atoms with Crippen LogP contribution in [0, 0.1) is 6.92 Å². The van der Waals surface area contributed by atoms with Crippen LogP contribution >= 0.6 is 10.0 Å². The molecule has 0 saturated carbocycles. The third-order valence-electron chi connectivity index (χ3n) is 13.2. The zero-order chi connectivity index (χ0) is 48.2. The van der Waals surface area contributed by atoms with E-state index in [4.69, 9.17) is 13.9 Å². The number of aromatic nitrogens is 4. The number of carbonyl (C=O) groups is 1. The number of pyridine rings is 1. The maximum Gasteiger partial charge on any atom is 0.355 e. The van der Waals surface area contributed by atoms with Gasteiger partial charge in [-0.05, 0) is 96.8 Å². The number of hydrogen-bond donors (Lipinski definition) is 0. The Morgan fingerprint density at radius 2 is 1.09 bits per heavy atom. The van der Waals surface area contributed by atoms with Gasteiger partial charge < -0.3 is 18.5 Å². The monoisotopic (exact) mass is 950 g/mol. The minimum atomic E-state index is -2.76. The summed E-state index contributed by atoms with van der Waals surface area (Å²) in [5.74, 6) is 0.906. The van der Waals surface area contributed by atoms with Gasteiger partial charge in [-0.3, -0.25) is 4.40 Å². The van der Waals surface area contributed by atoms with Gasteiger partial charge >= 0.3 is 5.97 Å². The molecule has 0 amide bonds. The van der Waals surface area contributed by atoms with Crippen molar-refractivity contribution in [3.8, 4) is 0 Å². The van der Waals surface area contributed by atoms with Crippen molar-refractivity contribution < 1.29 is 18.7 Å². The van der Waals surface area contributed by atoms with Crippen LogP contribution in [0.3, 0.4) is 0 Å². The van der Waals surface area contributed by atoms with Crippen LogP contribution in [0.15, 0.2) is 198 Å². The predicted molar refractivity (Wildman–Crippen MR) is 283 cm³/mol. The lowest BCUT2D eigenvalue weighted by molar-refractivity contribution is 0.0461. The van der Waals surface area contributed by atoms with Crippen LogP contribution < -0.4 is 10.4 Å². The standard InChI is InChI=1S/C59H62N4O4SSi/c1-44-60-61-56-35-34-53-54(63(44)56)38-55(57(64)66-41-47-24-21-25-48(37-47)42-67-69(59(5,6)7,51-30-16-10-17-31-51)52-32-18-11-19-33-52)62(53)39-45-22-20-23-46(36-45)40-65-43-68(58(2,3)4,49-26-12-8-13-27-49)50-28-14-9-15-29-50/h8-38H,39-43H2,1-7H3. The van der Waals surface area contributed by atoms with E-state index >= 15 is 0 Å². The van der Waals surface area contributed by atoms with Crippen LogP contribution in [0.5, 0.6) is 0 Å². The van der Waals surface area contributed by atoms with Crippen molar-refractivity contribution in [3.05, 3.63) is 222 Å². The minimum absolute atomic E-state index is 0.0740. The number of aryl methyl sites for hydroxylation is 1. The summed E-state index contributed by atoms with van der Waals surface area (Å²) in [5.41, 5.74) is 6.89. The molecule has 0 bridgehead atoms. The van der Waals surface area contributed by atoms with Crippen molar-refractivity contribution in [1.29, 1.82) is 0 Å². The van der Waals surface area contributed by atoms with Gasteiger partial charge in [0.2, 0.25) is 0 Å². The summed E-state index contributed by atoms with van der Waals surface area (Å²) in [6.45, 7) is 17.2. The maximum absolute atomic E-state index is 14.4. The summed E-state index contributed by atoms with van der Waals surface area (Å²) in [6, 6.07) is 65.6. The second kappa shape index (κ2) is 19.8. The molecular weight excluding hydrogens is 889 g/mol. The molecule has 9 rings (SSSR count). The molecule has 352 valence electrons. The van der Waals surface area contributed by atoms with Crippen molar-refractivity contribution in [1.82, 2.24) is 19.2 Å². The first-order valence-electron chi connectivity index (χ1n) is 23.7. The Morgan fingerprint density at radius 1 is 0.565 bits per heavy atom. The summed E-state index contributed by atoms with van der Waals surface area (Å²) in [7, 11) is -4.37. The van der Waals surface area contributed by atoms with E-state index in [9.17, 15) is 4.79 Å². The van der Waals surface area contributed by atoms with Gasteiger partial charge in [0.05, 0.1) is 30.2 Å². The summed E-state index contributed by atoms with van der Waals surface area (Å²) in [4.78, 5) is 17.0. The number of hydrogen-bond acceptors (Lipinski definition) is 6. The van der Waals surface area contributed by atoms with Crippen molar-refractivity contribution in [3.63, 3.8) is 0 Å². The fourth-order valence-corrected chi connectivity index (χ4v) is 18.3. The topological polar surface area (TPSA) is 79.9 Å². The van der Waals surface area contributed by atoms with E-state index in [1.54, 1.807) is 0 Å². The molecule has 0 spiro atoms. The van der Waals surface area contributed by atoms with Crippen molar-refractivity contribution in [2.45, 2.75) is 94.4 Å². The SMILES string of the molecule is Cc1nnc2ccc3c(cc(C(=O)OCc4cccc(CO[Si](c5ccccc5)(c5ccccc5)C(C)(C)C)c4)n3Cc3cccc(COCS(c4ccccc4)(c4ccccc4)C(C)(C)C)c3)n12. The lowest BCUT2D eigenvalue weighted by atomic mass is 10.1. The lowest BCUT2D eigenvalue weighted by Gasteiger charge is -2.51. The number of carbonyl (C=O) groups excluding carboxylic acids is 1. The van der Waals surface area contributed by atoms with Crippen LogP contribution in [0.2, 0.25) is 5.04 Å². The number of nitrogens with zero attached hydrogens (tertiary/aromatic N) is 4. The highest BCUT2D eigenvalue weighted by Crippen LogP contribution is 2.70. The molecule has 0 unspecified atom stereocenters. The van der Waals surface area contributed by atoms with Crippen LogP contribution in [-0.2, 0) is 40.3 Å². The molecule has 69 heavy (non-hydrogen) atoms. The first kappa shape index (κ1) is 47.5. The van der Waals surface area contributed by atoms with Crippen LogP contribution in [-0.4, -0.2) is 44.1 Å². The van der Waals surface area contributed by atoms with Gasteiger partial charge in [-0.25, -0.2) is 4.79 Å². The fourth-order valence-electron chi connectivity index (χ4n) is 9.91. The minimum Gasteiger partial charge on any atom is -0.456 e. The summed E-state index contributed by atoms with van der Waals surface area (Å²) in [5, 5.41) is 11.0. The van der Waals surface area contributed by atoms with E-state index in [0.29, 0.717) is 37.0 Å². The second-order valence-electron chi connectivity index (χ2n) is 19.8. The third kappa shape index (κ3) is 9.46. The largest absolute Gasteiger partial charge is 0.456 e. The average molecular weight is 951 g/mol. The Bertz CT molecular complexity index is 3100. The average Bonchev–Trinajstić information content (AvgIpc) is 3.92. The smallest absolute Gasteiger partial charge is 0.355 e. The molecule has 0 fully saturated rings. The highest BCUT2D eigenvalue weighted by atomic mass is 32.3. The lowest BCUT2D eigenvalue weighted by Crippen LogP contribution is -2.66. The second-order valence-corrected chi connectivity index (χ2v) is 28.0. The van der Waals surface area contributed by atoms with Crippen molar-refractivity contribution >= 4 is 51.4 Å². The van der Waals surface area contributed by atoms with Gasteiger partial charge in [0, 0.05) is 11.3 Å². The van der Waals surface area contributed by atoms with Crippen LogP contribution in [0.4, 0.5) is 0 Å². The Hall–Kier alpha value is -6.56. The normalized spacial score (nSPS) is 12.7. The Balaban J connectivity index is 0.959. The Labute approximate surface area is 409 Å². The number of benzene rings is 6. The predicted octanol–water partition coefficient (Wildman–Crippen LogP) is 12.7. The van der Waals surface area contributed by atoms with E-state index in [0.717, 1.165) is 39.1 Å². The molecular formula is C59H62N4O4SSi. The Kier molecular flexibility index (Phi) is 13.6. The molecule has 0 radical (unpaired) electrons. The molecule has 3 heterocycles. The summed E-state index contributed by atoms with van der Waals surface area (Å²) >= 11 is 0. The van der Waals surface area contributed by atoms with Crippen LogP contribution in [0.25, 0.3) is 16.7 Å². The van der Waals surface area contributed by atoms with E-state index in [1.807, 2.05) is 46.2 Å². The number of ether oxygens (including phenoxy) is 2. The van der Waals surface area contributed by atoms with Gasteiger partial charge in [0.1, 0.15) is 18.1 Å². The molecule has 3 aromatic heterocycles. The fraction of sp³-hybridized carbons (Fsp3) is 0.237.